The van der Waals surface area contributed by atoms with Gasteiger partial charge < -0.3 is 14.6 Å². The van der Waals surface area contributed by atoms with Gasteiger partial charge in [-0.25, -0.2) is 0 Å². The third-order valence-corrected chi connectivity index (χ3v) is 5.30. The van der Waals surface area contributed by atoms with Gasteiger partial charge in [-0.15, -0.1) is 11.8 Å². The van der Waals surface area contributed by atoms with Crippen molar-refractivity contribution in [1.82, 2.24) is 0 Å². The summed E-state index contributed by atoms with van der Waals surface area (Å²) in [6, 6.07) is 5.67. The lowest BCUT2D eigenvalue weighted by molar-refractivity contribution is -0.143. The van der Waals surface area contributed by atoms with Crippen LogP contribution in [0.15, 0.2) is 23.2 Å². The predicted molar refractivity (Wildman–Crippen MR) is 118 cm³/mol. The summed E-state index contributed by atoms with van der Waals surface area (Å²) in [5, 5.41) is 11.1. The van der Waals surface area contributed by atoms with E-state index < -0.39 is 0 Å². The van der Waals surface area contributed by atoms with Crippen LogP contribution in [0.2, 0.25) is 0 Å². The highest BCUT2D eigenvalue weighted by Crippen LogP contribution is 2.31. The summed E-state index contributed by atoms with van der Waals surface area (Å²) in [4.78, 5) is 16.0. The largest absolute Gasteiger partial charge is 0.507 e. The van der Waals surface area contributed by atoms with E-state index in [0.29, 0.717) is 31.4 Å². The molecule has 0 saturated carbocycles. The molecule has 0 spiro atoms. The van der Waals surface area contributed by atoms with Crippen LogP contribution >= 0.6 is 11.8 Å². The molecule has 1 unspecified atom stereocenters. The normalized spacial score (nSPS) is 15.4. The Hall–Kier alpha value is -1.69. The smallest absolute Gasteiger partial charge is 0.305 e. The van der Waals surface area contributed by atoms with E-state index in [1.54, 1.807) is 17.8 Å². The second-order valence-corrected chi connectivity index (χ2v) is 7.52. The first-order chi connectivity index (χ1) is 13.6. The van der Waals surface area contributed by atoms with E-state index in [2.05, 4.69) is 18.8 Å². The molecule has 1 aromatic carbocycles. The van der Waals surface area contributed by atoms with Crippen LogP contribution in [0, 0.1) is 0 Å². The number of unbranched alkanes of at least 4 members (excludes halogenated alkanes) is 3. The fourth-order valence-corrected chi connectivity index (χ4v) is 3.60. The first-order valence-corrected chi connectivity index (χ1v) is 11.4. The van der Waals surface area contributed by atoms with Gasteiger partial charge in [-0.1, -0.05) is 27.2 Å². The minimum absolute atomic E-state index is 0.109. The molecular weight excluding hydrogens is 374 g/mol. The van der Waals surface area contributed by atoms with Crippen molar-refractivity contribution in [1.29, 1.82) is 0 Å². The van der Waals surface area contributed by atoms with Crippen LogP contribution in [0.1, 0.15) is 71.8 Å². The van der Waals surface area contributed by atoms with Gasteiger partial charge >= 0.3 is 5.97 Å². The molecule has 1 aliphatic heterocycles. The van der Waals surface area contributed by atoms with E-state index in [0.717, 1.165) is 48.5 Å². The van der Waals surface area contributed by atoms with E-state index in [1.165, 1.54) is 0 Å². The standard InChI is InChI=1S/C20H29NO4S.C2H6/c1-3-4-11-25-19(23)8-6-5-7-12-24-16-9-10-17(18(22)13-16)20-21-15(2)14-26-20;1-2/h9-10,13,15,22H,3-8,11-12,14H2,1-2H3;1-2H3. The van der Waals surface area contributed by atoms with Gasteiger partial charge in [0, 0.05) is 23.8 Å². The zero-order valence-electron chi connectivity index (χ0n) is 17.7. The number of carbonyl (C=O) groups excluding carboxylic acids is 1. The lowest BCUT2D eigenvalue weighted by Gasteiger charge is -2.09. The van der Waals surface area contributed by atoms with Gasteiger partial charge in [0.05, 0.1) is 19.3 Å². The van der Waals surface area contributed by atoms with Crippen molar-refractivity contribution < 1.29 is 19.4 Å². The van der Waals surface area contributed by atoms with Crippen molar-refractivity contribution in [2.75, 3.05) is 19.0 Å². The summed E-state index contributed by atoms with van der Waals surface area (Å²) in [5.41, 5.74) is 0.772. The van der Waals surface area contributed by atoms with Gasteiger partial charge in [0.15, 0.2) is 0 Å². The second-order valence-electron chi connectivity index (χ2n) is 6.51. The molecule has 6 heteroatoms. The molecule has 158 valence electrons. The Morgan fingerprint density at radius 2 is 2.00 bits per heavy atom. The van der Waals surface area contributed by atoms with Gasteiger partial charge in [0.2, 0.25) is 0 Å². The average Bonchev–Trinajstić information content (AvgIpc) is 3.12. The molecule has 2 rings (SSSR count). The number of carbonyl (C=O) groups is 1. The molecule has 0 fully saturated rings. The zero-order valence-corrected chi connectivity index (χ0v) is 18.5. The summed E-state index contributed by atoms with van der Waals surface area (Å²) in [7, 11) is 0. The molecule has 28 heavy (non-hydrogen) atoms. The number of hydrogen-bond donors (Lipinski definition) is 1. The number of aliphatic imine (C=N–C) groups is 1. The quantitative estimate of drug-likeness (QED) is 0.381. The molecule has 1 atom stereocenters. The second kappa shape index (κ2) is 14.3. The molecule has 0 amide bonds. The molecule has 0 aromatic heterocycles. The van der Waals surface area contributed by atoms with Gasteiger partial charge in [-0.2, -0.15) is 0 Å². The Morgan fingerprint density at radius 3 is 2.64 bits per heavy atom. The maximum Gasteiger partial charge on any atom is 0.305 e. The average molecular weight is 410 g/mol. The number of rotatable bonds is 11. The number of hydrogen-bond acceptors (Lipinski definition) is 6. The molecule has 0 bridgehead atoms. The lowest BCUT2D eigenvalue weighted by atomic mass is 10.2. The van der Waals surface area contributed by atoms with Gasteiger partial charge in [-0.05, 0) is 44.7 Å². The molecular formula is C22H35NO4S. The maximum atomic E-state index is 11.5. The SMILES string of the molecule is CC.CCCCOC(=O)CCCCCOc1ccc(C2=NC(C)CS2)c(O)c1. The van der Waals surface area contributed by atoms with Crippen LogP contribution in [0.3, 0.4) is 0 Å². The fourth-order valence-electron chi connectivity index (χ4n) is 2.54. The van der Waals surface area contributed by atoms with E-state index in [1.807, 2.05) is 26.0 Å². The van der Waals surface area contributed by atoms with Crippen molar-refractivity contribution in [2.45, 2.75) is 72.3 Å². The molecule has 1 N–H and O–H groups in total. The number of phenolic OH excluding ortho intramolecular Hbond substituents is 1. The van der Waals surface area contributed by atoms with Crippen LogP contribution < -0.4 is 4.74 Å². The zero-order chi connectivity index (χ0) is 20.8. The summed E-state index contributed by atoms with van der Waals surface area (Å²) >= 11 is 1.67. The number of nitrogens with zero attached hydrogens (tertiary/aromatic N) is 1. The topological polar surface area (TPSA) is 68.1 Å². The molecule has 5 nitrogen and oxygen atoms in total. The Morgan fingerprint density at radius 1 is 1.21 bits per heavy atom. The Labute approximate surface area is 173 Å². The molecule has 0 radical (unpaired) electrons. The van der Waals surface area contributed by atoms with Crippen LogP contribution in [0.5, 0.6) is 11.5 Å². The highest BCUT2D eigenvalue weighted by Gasteiger charge is 2.18. The van der Waals surface area contributed by atoms with E-state index in [-0.39, 0.29) is 11.7 Å². The van der Waals surface area contributed by atoms with Crippen molar-refractivity contribution in [3.05, 3.63) is 23.8 Å². The minimum atomic E-state index is -0.109. The molecule has 1 aliphatic rings. The van der Waals surface area contributed by atoms with Crippen molar-refractivity contribution in [2.24, 2.45) is 4.99 Å². The minimum Gasteiger partial charge on any atom is -0.507 e. The van der Waals surface area contributed by atoms with Crippen LogP contribution in [-0.4, -0.2) is 41.1 Å². The summed E-state index contributed by atoms with van der Waals surface area (Å²) in [6.07, 6.45) is 5.03. The van der Waals surface area contributed by atoms with Gasteiger partial charge in [0.25, 0.3) is 0 Å². The Balaban J connectivity index is 0.00000190. The highest BCUT2D eigenvalue weighted by molar-refractivity contribution is 8.14. The molecule has 1 aromatic rings. The van der Waals surface area contributed by atoms with Crippen LogP contribution in [0.25, 0.3) is 0 Å². The fraction of sp³-hybridized carbons (Fsp3) is 0.636. The molecule has 0 aliphatic carbocycles. The number of benzene rings is 1. The number of esters is 1. The molecule has 1 heterocycles. The number of thioether (sulfide) groups is 1. The number of phenols is 1. The van der Waals surface area contributed by atoms with Crippen molar-refractivity contribution >= 4 is 22.8 Å². The molecule has 0 saturated heterocycles. The number of ether oxygens (including phenoxy) is 2. The van der Waals surface area contributed by atoms with E-state index in [4.69, 9.17) is 9.47 Å². The maximum absolute atomic E-state index is 11.5. The first-order valence-electron chi connectivity index (χ1n) is 10.4. The lowest BCUT2D eigenvalue weighted by Crippen LogP contribution is -2.05. The van der Waals surface area contributed by atoms with Crippen molar-refractivity contribution in [3.63, 3.8) is 0 Å². The van der Waals surface area contributed by atoms with Gasteiger partial charge in [-0.3, -0.25) is 9.79 Å². The van der Waals surface area contributed by atoms with Crippen LogP contribution in [-0.2, 0) is 9.53 Å². The van der Waals surface area contributed by atoms with Crippen molar-refractivity contribution in [3.8, 4) is 11.5 Å². The van der Waals surface area contributed by atoms with E-state index in [9.17, 15) is 9.90 Å². The third kappa shape index (κ3) is 9.00. The monoisotopic (exact) mass is 409 g/mol. The summed E-state index contributed by atoms with van der Waals surface area (Å²) < 4.78 is 10.8. The van der Waals surface area contributed by atoms with E-state index >= 15 is 0 Å². The summed E-state index contributed by atoms with van der Waals surface area (Å²) in [6.45, 7) is 9.24. The van der Waals surface area contributed by atoms with Gasteiger partial charge in [0.1, 0.15) is 16.5 Å². The third-order valence-electron chi connectivity index (χ3n) is 4.05. The predicted octanol–water partition coefficient (Wildman–Crippen LogP) is 5.58. The number of aromatic hydroxyl groups is 1. The first kappa shape index (κ1) is 24.3. The highest BCUT2D eigenvalue weighted by atomic mass is 32.2. The summed E-state index contributed by atoms with van der Waals surface area (Å²) in [5.74, 6) is 1.71. The van der Waals surface area contributed by atoms with Crippen LogP contribution in [0.4, 0.5) is 0 Å². The Bertz CT molecular complexity index is 619. The Kier molecular flexibility index (Phi) is 12.5.